The van der Waals surface area contributed by atoms with Crippen molar-refractivity contribution in [3.8, 4) is 0 Å². The van der Waals surface area contributed by atoms with Crippen LogP contribution in [0.25, 0.3) is 0 Å². The Hall–Kier alpha value is -0.390. The van der Waals surface area contributed by atoms with Gasteiger partial charge in [-0.3, -0.25) is 4.79 Å². The van der Waals surface area contributed by atoms with Gasteiger partial charge in [-0.25, -0.2) is 0 Å². The van der Waals surface area contributed by atoms with Crippen molar-refractivity contribution in [2.24, 2.45) is 5.73 Å². The predicted octanol–water partition coefficient (Wildman–Crippen LogP) is 1.74. The van der Waals surface area contributed by atoms with Gasteiger partial charge in [0.25, 0.3) is 0 Å². The number of carbonyl (C=O) groups excluding carboxylic acids is 1. The molecule has 3 nitrogen and oxygen atoms in total. The van der Waals surface area contributed by atoms with Crippen LogP contribution in [0.2, 0.25) is 0 Å². The summed E-state index contributed by atoms with van der Waals surface area (Å²) in [5.74, 6) is 0.0444. The minimum absolute atomic E-state index is 0.0444. The molecule has 5 heteroatoms. The average molecular weight is 289 g/mol. The fourth-order valence-electron chi connectivity index (χ4n) is 1.77. The second-order valence-corrected chi connectivity index (χ2v) is 6.31. The van der Waals surface area contributed by atoms with Crippen LogP contribution in [0.15, 0.2) is 9.85 Å². The zero-order valence-electron chi connectivity index (χ0n) is 8.50. The first-order valence-electron chi connectivity index (χ1n) is 4.89. The Morgan fingerprint density at radius 2 is 2.47 bits per heavy atom. The first kappa shape index (κ1) is 11.1. The van der Waals surface area contributed by atoms with Crippen molar-refractivity contribution >= 4 is 33.2 Å². The third-order valence-corrected chi connectivity index (χ3v) is 4.28. The van der Waals surface area contributed by atoms with Crippen molar-refractivity contribution in [1.29, 1.82) is 0 Å². The molecule has 2 heterocycles. The number of nitrogens with zero attached hydrogens (tertiary/aromatic N) is 1. The number of carbonyl (C=O) groups is 1. The Morgan fingerprint density at radius 3 is 3.13 bits per heavy atom. The van der Waals surface area contributed by atoms with Gasteiger partial charge in [0.05, 0.1) is 9.83 Å². The molecule has 1 amide bonds. The first-order chi connectivity index (χ1) is 7.08. The lowest BCUT2D eigenvalue weighted by molar-refractivity contribution is -0.133. The monoisotopic (exact) mass is 288 g/mol. The van der Waals surface area contributed by atoms with Crippen LogP contribution in [-0.2, 0) is 17.8 Å². The zero-order valence-corrected chi connectivity index (χ0v) is 10.9. The van der Waals surface area contributed by atoms with Crippen molar-refractivity contribution in [3.63, 3.8) is 0 Å². The van der Waals surface area contributed by atoms with E-state index >= 15 is 0 Å². The standard InChI is InChI=1S/C10H13BrN2OS/c1-6(12)10(14)13-3-2-8-7(5-13)4-9(11)15-8/h4,6H,2-3,5,12H2,1H3/t6-/m0/s1. The normalized spacial score (nSPS) is 17.4. The van der Waals surface area contributed by atoms with Crippen LogP contribution in [0.4, 0.5) is 0 Å². The zero-order chi connectivity index (χ0) is 11.0. The van der Waals surface area contributed by atoms with E-state index in [1.54, 1.807) is 18.3 Å². The molecule has 0 saturated heterocycles. The molecule has 1 atom stereocenters. The summed E-state index contributed by atoms with van der Waals surface area (Å²) in [5, 5.41) is 0. The van der Waals surface area contributed by atoms with E-state index < -0.39 is 6.04 Å². The Balaban J connectivity index is 2.15. The number of hydrogen-bond donors (Lipinski definition) is 1. The minimum atomic E-state index is -0.395. The highest BCUT2D eigenvalue weighted by molar-refractivity contribution is 9.11. The highest BCUT2D eigenvalue weighted by atomic mass is 79.9. The van der Waals surface area contributed by atoms with Gasteiger partial charge in [-0.15, -0.1) is 11.3 Å². The SMILES string of the molecule is C[C@H](N)C(=O)N1CCc2sc(Br)cc2C1. The molecule has 0 saturated carbocycles. The lowest BCUT2D eigenvalue weighted by Gasteiger charge is -2.28. The lowest BCUT2D eigenvalue weighted by atomic mass is 10.1. The Morgan fingerprint density at radius 1 is 1.73 bits per heavy atom. The van der Waals surface area contributed by atoms with E-state index in [1.165, 1.54) is 10.4 Å². The molecule has 0 bridgehead atoms. The third kappa shape index (κ3) is 2.24. The number of halogens is 1. The maximum Gasteiger partial charge on any atom is 0.239 e. The molecule has 2 rings (SSSR count). The van der Waals surface area contributed by atoms with Crippen LogP contribution in [-0.4, -0.2) is 23.4 Å². The predicted molar refractivity (Wildman–Crippen MR) is 64.8 cm³/mol. The van der Waals surface area contributed by atoms with Crippen molar-refractivity contribution < 1.29 is 4.79 Å². The van der Waals surface area contributed by atoms with Crippen LogP contribution in [0.3, 0.4) is 0 Å². The molecule has 1 aliphatic rings. The van der Waals surface area contributed by atoms with Gasteiger partial charge in [0.2, 0.25) is 5.91 Å². The number of thiophene rings is 1. The Kier molecular flexibility index (Phi) is 3.13. The summed E-state index contributed by atoms with van der Waals surface area (Å²) in [5.41, 5.74) is 6.85. The van der Waals surface area contributed by atoms with Crippen LogP contribution >= 0.6 is 27.3 Å². The smallest absolute Gasteiger partial charge is 0.239 e. The summed E-state index contributed by atoms with van der Waals surface area (Å²) in [7, 11) is 0. The number of nitrogens with two attached hydrogens (primary N) is 1. The van der Waals surface area contributed by atoms with Crippen molar-refractivity contribution in [1.82, 2.24) is 4.90 Å². The lowest BCUT2D eigenvalue weighted by Crippen LogP contribution is -2.44. The number of fused-ring (bicyclic) bond motifs is 1. The van der Waals surface area contributed by atoms with Crippen molar-refractivity contribution in [3.05, 3.63) is 20.3 Å². The van der Waals surface area contributed by atoms with Crippen LogP contribution in [0.1, 0.15) is 17.4 Å². The van der Waals surface area contributed by atoms with Gasteiger partial charge in [-0.05, 0) is 40.9 Å². The summed E-state index contributed by atoms with van der Waals surface area (Å²) in [4.78, 5) is 14.9. The highest BCUT2D eigenvalue weighted by Crippen LogP contribution is 2.31. The third-order valence-electron chi connectivity index (χ3n) is 2.54. The van der Waals surface area contributed by atoms with Gasteiger partial charge in [0.15, 0.2) is 0 Å². The number of hydrogen-bond acceptors (Lipinski definition) is 3. The molecule has 0 unspecified atom stereocenters. The molecule has 2 N–H and O–H groups in total. The summed E-state index contributed by atoms with van der Waals surface area (Å²) < 4.78 is 1.14. The summed E-state index contributed by atoms with van der Waals surface area (Å²) in [6.45, 7) is 3.24. The van der Waals surface area contributed by atoms with Crippen LogP contribution in [0, 0.1) is 0 Å². The summed E-state index contributed by atoms with van der Waals surface area (Å²) in [6, 6.07) is 1.70. The molecule has 0 aliphatic carbocycles. The molecule has 1 aliphatic heterocycles. The molecule has 0 radical (unpaired) electrons. The molecular formula is C10H13BrN2OS. The van der Waals surface area contributed by atoms with Gasteiger partial charge in [0, 0.05) is 18.0 Å². The average Bonchev–Trinajstić information content (AvgIpc) is 2.55. The Labute approximate surface area is 101 Å². The first-order valence-corrected chi connectivity index (χ1v) is 6.50. The summed E-state index contributed by atoms with van der Waals surface area (Å²) in [6.07, 6.45) is 0.948. The molecule has 0 fully saturated rings. The van der Waals surface area contributed by atoms with Gasteiger partial charge >= 0.3 is 0 Å². The van der Waals surface area contributed by atoms with Gasteiger partial charge < -0.3 is 10.6 Å². The largest absolute Gasteiger partial charge is 0.337 e. The van der Waals surface area contributed by atoms with Crippen molar-refractivity contribution in [2.75, 3.05) is 6.54 Å². The minimum Gasteiger partial charge on any atom is -0.337 e. The molecule has 1 aromatic heterocycles. The molecular weight excluding hydrogens is 276 g/mol. The van der Waals surface area contributed by atoms with E-state index in [-0.39, 0.29) is 5.91 Å². The van der Waals surface area contributed by atoms with E-state index in [1.807, 2.05) is 4.90 Å². The van der Waals surface area contributed by atoms with E-state index in [0.29, 0.717) is 6.54 Å². The topological polar surface area (TPSA) is 46.3 Å². The van der Waals surface area contributed by atoms with E-state index in [2.05, 4.69) is 22.0 Å². The molecule has 15 heavy (non-hydrogen) atoms. The fourth-order valence-corrected chi connectivity index (χ4v) is 3.52. The van der Waals surface area contributed by atoms with Crippen LogP contribution in [0.5, 0.6) is 0 Å². The van der Waals surface area contributed by atoms with E-state index in [4.69, 9.17) is 5.73 Å². The van der Waals surface area contributed by atoms with E-state index in [9.17, 15) is 4.79 Å². The number of rotatable bonds is 1. The second-order valence-electron chi connectivity index (χ2n) is 3.80. The molecule has 0 aromatic carbocycles. The fraction of sp³-hybridized carbons (Fsp3) is 0.500. The van der Waals surface area contributed by atoms with Gasteiger partial charge in [-0.1, -0.05) is 0 Å². The van der Waals surface area contributed by atoms with Gasteiger partial charge in [0.1, 0.15) is 0 Å². The molecule has 0 spiro atoms. The summed E-state index contributed by atoms with van der Waals surface area (Å²) >= 11 is 5.23. The van der Waals surface area contributed by atoms with Crippen molar-refractivity contribution in [2.45, 2.75) is 25.9 Å². The second kappa shape index (κ2) is 4.23. The van der Waals surface area contributed by atoms with Gasteiger partial charge in [-0.2, -0.15) is 0 Å². The quantitative estimate of drug-likeness (QED) is 0.856. The maximum absolute atomic E-state index is 11.7. The highest BCUT2D eigenvalue weighted by Gasteiger charge is 2.24. The molecule has 1 aromatic rings. The maximum atomic E-state index is 11.7. The molecule has 82 valence electrons. The number of amides is 1. The van der Waals surface area contributed by atoms with E-state index in [0.717, 1.165) is 16.8 Å². The van der Waals surface area contributed by atoms with Crippen LogP contribution < -0.4 is 5.73 Å². The Bertz CT molecular complexity index is 389.